The minimum Gasteiger partial charge on any atom is -0.393 e. The lowest BCUT2D eigenvalue weighted by molar-refractivity contribution is -0.0866. The van der Waals surface area contributed by atoms with E-state index in [0.717, 1.165) is 18.4 Å². The maximum absolute atomic E-state index is 12.2. The summed E-state index contributed by atoms with van der Waals surface area (Å²) in [4.78, 5) is 13.9. The number of likely N-dealkylation sites (tertiary alicyclic amines) is 1. The van der Waals surface area contributed by atoms with Gasteiger partial charge in [-0.15, -0.1) is 0 Å². The number of rotatable bonds is 4. The SMILES string of the molecule is COC1(CO)CCCN(C(=O)NCc2ccc(C#N)cc2)C1. The number of hydrogen-bond acceptors (Lipinski definition) is 4. The molecule has 6 nitrogen and oxygen atoms in total. The molecule has 1 fully saturated rings. The first-order valence-electron chi connectivity index (χ1n) is 7.30. The fourth-order valence-corrected chi connectivity index (χ4v) is 2.62. The van der Waals surface area contributed by atoms with Gasteiger partial charge in [0, 0.05) is 20.2 Å². The van der Waals surface area contributed by atoms with E-state index in [1.807, 2.05) is 12.1 Å². The third kappa shape index (κ3) is 3.75. The number of nitriles is 1. The van der Waals surface area contributed by atoms with Crippen LogP contribution in [0.1, 0.15) is 24.0 Å². The van der Waals surface area contributed by atoms with Crippen molar-refractivity contribution < 1.29 is 14.6 Å². The Labute approximate surface area is 130 Å². The summed E-state index contributed by atoms with van der Waals surface area (Å²) in [5.41, 5.74) is 0.882. The minimum atomic E-state index is -0.649. The number of aliphatic hydroxyl groups is 1. The van der Waals surface area contributed by atoms with Gasteiger partial charge < -0.3 is 20.1 Å². The quantitative estimate of drug-likeness (QED) is 0.876. The number of piperidine rings is 1. The molecule has 1 heterocycles. The molecule has 0 aromatic heterocycles. The summed E-state index contributed by atoms with van der Waals surface area (Å²) in [5.74, 6) is 0. The molecule has 1 atom stereocenters. The molecular formula is C16H21N3O3. The summed E-state index contributed by atoms with van der Waals surface area (Å²) in [6.07, 6.45) is 1.55. The second-order valence-electron chi connectivity index (χ2n) is 5.54. The van der Waals surface area contributed by atoms with Gasteiger partial charge in [-0.2, -0.15) is 5.26 Å². The lowest BCUT2D eigenvalue weighted by Gasteiger charge is -2.40. The van der Waals surface area contributed by atoms with E-state index in [2.05, 4.69) is 11.4 Å². The molecule has 1 aromatic carbocycles. The fraction of sp³-hybridized carbons (Fsp3) is 0.500. The lowest BCUT2D eigenvalue weighted by Crippen LogP contribution is -2.55. The second-order valence-corrected chi connectivity index (χ2v) is 5.54. The molecule has 0 bridgehead atoms. The molecule has 6 heteroatoms. The molecular weight excluding hydrogens is 282 g/mol. The summed E-state index contributed by atoms with van der Waals surface area (Å²) >= 11 is 0. The Bertz CT molecular complexity index is 547. The van der Waals surface area contributed by atoms with E-state index in [4.69, 9.17) is 10.00 Å². The molecule has 0 radical (unpaired) electrons. The number of methoxy groups -OCH3 is 1. The number of carbonyl (C=O) groups is 1. The normalized spacial score (nSPS) is 21.2. The van der Waals surface area contributed by atoms with Crippen LogP contribution in [0.3, 0.4) is 0 Å². The Morgan fingerprint density at radius 1 is 1.50 bits per heavy atom. The number of hydrogen-bond donors (Lipinski definition) is 2. The van der Waals surface area contributed by atoms with Crippen LogP contribution in [0.15, 0.2) is 24.3 Å². The van der Waals surface area contributed by atoms with Gasteiger partial charge in [0.2, 0.25) is 0 Å². The number of nitrogens with one attached hydrogen (secondary N) is 1. The van der Waals surface area contributed by atoms with Crippen molar-refractivity contribution in [2.24, 2.45) is 0 Å². The van der Waals surface area contributed by atoms with Gasteiger partial charge in [0.05, 0.1) is 24.8 Å². The first-order valence-corrected chi connectivity index (χ1v) is 7.30. The molecule has 22 heavy (non-hydrogen) atoms. The van der Waals surface area contributed by atoms with Gasteiger partial charge in [-0.25, -0.2) is 4.79 Å². The summed E-state index contributed by atoms with van der Waals surface area (Å²) in [7, 11) is 1.56. The molecule has 0 saturated carbocycles. The van der Waals surface area contributed by atoms with Crippen LogP contribution in [-0.2, 0) is 11.3 Å². The van der Waals surface area contributed by atoms with Crippen molar-refractivity contribution in [1.29, 1.82) is 5.26 Å². The van der Waals surface area contributed by atoms with Gasteiger partial charge in [0.15, 0.2) is 0 Å². The van der Waals surface area contributed by atoms with Gasteiger partial charge in [0.1, 0.15) is 5.60 Å². The van der Waals surface area contributed by atoms with E-state index in [-0.39, 0.29) is 12.6 Å². The van der Waals surface area contributed by atoms with E-state index >= 15 is 0 Å². The van der Waals surface area contributed by atoms with Crippen molar-refractivity contribution in [3.63, 3.8) is 0 Å². The number of ether oxygens (including phenoxy) is 1. The first-order chi connectivity index (χ1) is 10.6. The third-order valence-electron chi connectivity index (χ3n) is 4.07. The highest BCUT2D eigenvalue weighted by atomic mass is 16.5. The monoisotopic (exact) mass is 303 g/mol. The number of aliphatic hydroxyl groups excluding tert-OH is 1. The molecule has 1 aliphatic rings. The van der Waals surface area contributed by atoms with Crippen molar-refractivity contribution >= 4 is 6.03 Å². The van der Waals surface area contributed by atoms with E-state index in [1.54, 1.807) is 24.1 Å². The van der Waals surface area contributed by atoms with E-state index in [0.29, 0.717) is 25.2 Å². The molecule has 2 rings (SSSR count). The van der Waals surface area contributed by atoms with Crippen molar-refractivity contribution in [3.8, 4) is 6.07 Å². The lowest BCUT2D eigenvalue weighted by atomic mass is 9.93. The van der Waals surface area contributed by atoms with E-state index < -0.39 is 5.60 Å². The van der Waals surface area contributed by atoms with Gasteiger partial charge >= 0.3 is 6.03 Å². The molecule has 0 aliphatic carbocycles. The molecule has 118 valence electrons. The van der Waals surface area contributed by atoms with Crippen molar-refractivity contribution in [2.45, 2.75) is 25.0 Å². The van der Waals surface area contributed by atoms with Crippen molar-refractivity contribution in [1.82, 2.24) is 10.2 Å². The maximum Gasteiger partial charge on any atom is 0.317 e. The van der Waals surface area contributed by atoms with Crippen LogP contribution in [0, 0.1) is 11.3 Å². The second kappa shape index (κ2) is 7.25. The molecule has 1 aliphatic heterocycles. The highest BCUT2D eigenvalue weighted by Crippen LogP contribution is 2.24. The standard InChI is InChI=1S/C16H21N3O3/c1-22-16(12-20)7-2-8-19(11-16)15(21)18-10-14-5-3-13(9-17)4-6-14/h3-6,20H,2,7-8,10-12H2,1H3,(H,18,21). The Hall–Kier alpha value is -2.10. The van der Waals surface area contributed by atoms with Crippen LogP contribution in [0.25, 0.3) is 0 Å². The molecule has 0 spiro atoms. The van der Waals surface area contributed by atoms with Crippen molar-refractivity contribution in [3.05, 3.63) is 35.4 Å². The number of urea groups is 1. The van der Waals surface area contributed by atoms with E-state index in [1.165, 1.54) is 0 Å². The van der Waals surface area contributed by atoms with Crippen LogP contribution in [0.5, 0.6) is 0 Å². The molecule has 1 unspecified atom stereocenters. The summed E-state index contributed by atoms with van der Waals surface area (Å²) in [6.45, 7) is 1.35. The molecule has 2 N–H and O–H groups in total. The third-order valence-corrected chi connectivity index (χ3v) is 4.07. The topological polar surface area (TPSA) is 85.6 Å². The number of amides is 2. The highest BCUT2D eigenvalue weighted by molar-refractivity contribution is 5.74. The number of benzene rings is 1. The zero-order chi connectivity index (χ0) is 16.0. The zero-order valence-electron chi connectivity index (χ0n) is 12.7. The average Bonchev–Trinajstić information content (AvgIpc) is 2.60. The van der Waals surface area contributed by atoms with Crippen molar-refractivity contribution in [2.75, 3.05) is 26.8 Å². The maximum atomic E-state index is 12.2. The van der Waals surface area contributed by atoms with Crippen LogP contribution < -0.4 is 5.32 Å². The van der Waals surface area contributed by atoms with Crippen LogP contribution in [-0.4, -0.2) is 48.4 Å². The largest absolute Gasteiger partial charge is 0.393 e. The van der Waals surface area contributed by atoms with Crippen LogP contribution in [0.4, 0.5) is 4.79 Å². The predicted octanol–water partition coefficient (Wildman–Crippen LogP) is 1.24. The van der Waals surface area contributed by atoms with Crippen LogP contribution in [0.2, 0.25) is 0 Å². The first kappa shape index (κ1) is 16.3. The van der Waals surface area contributed by atoms with Gasteiger partial charge in [-0.1, -0.05) is 12.1 Å². The molecule has 1 aromatic rings. The average molecular weight is 303 g/mol. The Balaban J connectivity index is 1.90. The van der Waals surface area contributed by atoms with Gasteiger partial charge in [0.25, 0.3) is 0 Å². The highest BCUT2D eigenvalue weighted by Gasteiger charge is 2.36. The smallest absolute Gasteiger partial charge is 0.317 e. The van der Waals surface area contributed by atoms with Crippen LogP contribution >= 0.6 is 0 Å². The van der Waals surface area contributed by atoms with Gasteiger partial charge in [-0.3, -0.25) is 0 Å². The zero-order valence-corrected chi connectivity index (χ0v) is 12.7. The summed E-state index contributed by atoms with van der Waals surface area (Å²) in [6, 6.07) is 8.99. The Kier molecular flexibility index (Phi) is 5.36. The Morgan fingerprint density at radius 2 is 2.23 bits per heavy atom. The summed E-state index contributed by atoms with van der Waals surface area (Å²) < 4.78 is 5.39. The fourth-order valence-electron chi connectivity index (χ4n) is 2.62. The van der Waals surface area contributed by atoms with Gasteiger partial charge in [-0.05, 0) is 30.5 Å². The minimum absolute atomic E-state index is 0.0943. The molecule has 1 saturated heterocycles. The molecule has 2 amide bonds. The summed E-state index contributed by atoms with van der Waals surface area (Å²) in [5, 5.41) is 21.1. The predicted molar refractivity (Wildman–Crippen MR) is 81.0 cm³/mol. The number of carbonyl (C=O) groups excluding carboxylic acids is 1. The van der Waals surface area contributed by atoms with E-state index in [9.17, 15) is 9.90 Å². The Morgan fingerprint density at radius 3 is 2.82 bits per heavy atom. The number of nitrogens with zero attached hydrogens (tertiary/aromatic N) is 2.